The second kappa shape index (κ2) is 6.55. The lowest BCUT2D eigenvalue weighted by atomic mass is 10.2. The predicted octanol–water partition coefficient (Wildman–Crippen LogP) is 2.60. The molecule has 0 spiro atoms. The van der Waals surface area contributed by atoms with Crippen molar-refractivity contribution < 1.29 is 14.4 Å². The smallest absolute Gasteiger partial charge is 0.288 e. The first-order chi connectivity index (χ1) is 9.88. The van der Waals surface area contributed by atoms with E-state index in [1.54, 1.807) is 0 Å². The highest BCUT2D eigenvalue weighted by Gasteiger charge is 2.28. The number of nitrogens with two attached hydrogens (primary N) is 1. The van der Waals surface area contributed by atoms with Crippen LogP contribution < -0.4 is 11.1 Å². The van der Waals surface area contributed by atoms with E-state index in [1.807, 2.05) is 0 Å². The van der Waals surface area contributed by atoms with E-state index < -0.39 is 11.1 Å². The summed E-state index contributed by atoms with van der Waals surface area (Å²) >= 11 is 12.7. The van der Waals surface area contributed by atoms with Gasteiger partial charge in [-0.1, -0.05) is 35.0 Å². The van der Waals surface area contributed by atoms with Crippen molar-refractivity contribution in [2.45, 2.75) is 6.42 Å². The topological polar surface area (TPSA) is 92.5 Å². The Labute approximate surface area is 134 Å². The molecule has 1 aromatic carbocycles. The van der Waals surface area contributed by atoms with Crippen LogP contribution in [0, 0.1) is 0 Å². The van der Waals surface area contributed by atoms with Crippen LogP contribution in [0.5, 0.6) is 0 Å². The maximum atomic E-state index is 11.9. The average molecular weight is 348 g/mol. The zero-order valence-electron chi connectivity index (χ0n) is 10.7. The Hall–Kier alpha value is -1.44. The standard InChI is InChI=1S/C12H11Cl2N3O3S/c13-6-3-7(14)11(8(15)4-6)16-9(18)5-17-10(19)1-2-21-12(17)20/h3-4H,1-2,5,15H2,(H,16,18). The Balaban J connectivity index is 2.08. The highest BCUT2D eigenvalue weighted by molar-refractivity contribution is 8.13. The molecule has 1 aliphatic rings. The Kier molecular flexibility index (Phi) is 4.97. The van der Waals surface area contributed by atoms with Crippen molar-refractivity contribution in [3.05, 3.63) is 22.2 Å². The summed E-state index contributed by atoms with van der Waals surface area (Å²) in [5.41, 5.74) is 6.13. The summed E-state index contributed by atoms with van der Waals surface area (Å²) in [4.78, 5) is 36.1. The van der Waals surface area contributed by atoms with Crippen LogP contribution in [0.4, 0.5) is 16.2 Å². The Morgan fingerprint density at radius 3 is 2.71 bits per heavy atom. The molecule has 1 heterocycles. The summed E-state index contributed by atoms with van der Waals surface area (Å²) < 4.78 is 0. The van der Waals surface area contributed by atoms with Crippen molar-refractivity contribution in [3.8, 4) is 0 Å². The minimum atomic E-state index is -0.560. The van der Waals surface area contributed by atoms with Gasteiger partial charge in [-0.05, 0) is 12.1 Å². The number of halogens is 2. The molecule has 0 aliphatic carbocycles. The molecule has 1 saturated heterocycles. The minimum Gasteiger partial charge on any atom is -0.397 e. The first-order valence-electron chi connectivity index (χ1n) is 5.90. The summed E-state index contributed by atoms with van der Waals surface area (Å²) in [5, 5.41) is 2.57. The molecule has 1 fully saturated rings. The van der Waals surface area contributed by atoms with E-state index in [4.69, 9.17) is 28.9 Å². The van der Waals surface area contributed by atoms with Crippen LogP contribution in [0.1, 0.15) is 6.42 Å². The van der Waals surface area contributed by atoms with Crippen molar-refractivity contribution in [3.63, 3.8) is 0 Å². The lowest BCUT2D eigenvalue weighted by Crippen LogP contribution is -2.43. The number of amides is 3. The van der Waals surface area contributed by atoms with Crippen LogP contribution in [0.25, 0.3) is 0 Å². The number of imide groups is 1. The first kappa shape index (κ1) is 15.9. The van der Waals surface area contributed by atoms with Gasteiger partial charge in [-0.3, -0.25) is 19.3 Å². The monoisotopic (exact) mass is 347 g/mol. The van der Waals surface area contributed by atoms with Crippen LogP contribution in [0.2, 0.25) is 10.0 Å². The van der Waals surface area contributed by atoms with Crippen LogP contribution in [-0.2, 0) is 9.59 Å². The Morgan fingerprint density at radius 2 is 2.10 bits per heavy atom. The van der Waals surface area contributed by atoms with Crippen LogP contribution in [0.15, 0.2) is 12.1 Å². The van der Waals surface area contributed by atoms with Crippen molar-refractivity contribution in [1.29, 1.82) is 0 Å². The minimum absolute atomic E-state index is 0.180. The molecule has 6 nitrogen and oxygen atoms in total. The average Bonchev–Trinajstić information content (AvgIpc) is 2.38. The number of carbonyl (C=O) groups excluding carboxylic acids is 3. The number of nitrogen functional groups attached to an aromatic ring is 1. The Bertz CT molecular complexity index is 585. The molecule has 0 atom stereocenters. The van der Waals surface area contributed by atoms with Crippen molar-refractivity contribution >= 4 is 63.4 Å². The van der Waals surface area contributed by atoms with Gasteiger partial charge in [-0.15, -0.1) is 0 Å². The van der Waals surface area contributed by atoms with E-state index in [0.29, 0.717) is 10.8 Å². The summed E-state index contributed by atoms with van der Waals surface area (Å²) in [6.45, 7) is -0.372. The molecule has 21 heavy (non-hydrogen) atoms. The molecule has 3 amide bonds. The van der Waals surface area contributed by atoms with Crippen molar-refractivity contribution in [1.82, 2.24) is 4.90 Å². The maximum Gasteiger partial charge on any atom is 0.288 e. The maximum absolute atomic E-state index is 11.9. The second-order valence-corrected chi connectivity index (χ2v) is 6.13. The molecule has 0 saturated carbocycles. The fourth-order valence-corrected chi connectivity index (χ4v) is 3.07. The Morgan fingerprint density at radius 1 is 1.38 bits per heavy atom. The zero-order chi connectivity index (χ0) is 15.6. The number of thioether (sulfide) groups is 1. The van der Waals surface area contributed by atoms with Crippen molar-refractivity contribution in [2.24, 2.45) is 0 Å². The summed E-state index contributed by atoms with van der Waals surface area (Å²) in [5.74, 6) is -0.495. The van der Waals surface area contributed by atoms with E-state index in [2.05, 4.69) is 5.32 Å². The van der Waals surface area contributed by atoms with Gasteiger partial charge in [0.1, 0.15) is 6.54 Å². The summed E-state index contributed by atoms with van der Waals surface area (Å²) in [6.07, 6.45) is 0.230. The van der Waals surface area contributed by atoms with Crippen LogP contribution in [-0.4, -0.2) is 34.3 Å². The van der Waals surface area contributed by atoms with Crippen LogP contribution >= 0.6 is 35.0 Å². The highest BCUT2D eigenvalue weighted by atomic mass is 35.5. The number of hydrogen-bond acceptors (Lipinski definition) is 5. The normalized spacial score (nSPS) is 15.2. The van der Waals surface area contributed by atoms with Gasteiger partial charge in [-0.25, -0.2) is 0 Å². The molecule has 1 aromatic rings. The van der Waals surface area contributed by atoms with Gasteiger partial charge in [0.15, 0.2) is 0 Å². The van der Waals surface area contributed by atoms with Gasteiger partial charge < -0.3 is 11.1 Å². The van der Waals surface area contributed by atoms with E-state index in [1.165, 1.54) is 12.1 Å². The molecule has 0 unspecified atom stereocenters. The quantitative estimate of drug-likeness (QED) is 0.819. The van der Waals surface area contributed by atoms with Gasteiger partial charge in [0, 0.05) is 17.2 Å². The molecular formula is C12H11Cl2N3O3S. The predicted molar refractivity (Wildman–Crippen MR) is 83.7 cm³/mol. The van der Waals surface area contributed by atoms with E-state index in [-0.39, 0.29) is 35.3 Å². The second-order valence-electron chi connectivity index (χ2n) is 4.24. The molecule has 2 rings (SSSR count). The van der Waals surface area contributed by atoms with E-state index in [0.717, 1.165) is 16.7 Å². The third-order valence-electron chi connectivity index (χ3n) is 2.71. The third-order valence-corrected chi connectivity index (χ3v) is 4.11. The first-order valence-corrected chi connectivity index (χ1v) is 7.64. The number of hydrogen-bond donors (Lipinski definition) is 2. The molecule has 0 radical (unpaired) electrons. The molecule has 0 bridgehead atoms. The van der Waals surface area contributed by atoms with E-state index >= 15 is 0 Å². The number of nitrogens with zero attached hydrogens (tertiary/aromatic N) is 1. The number of nitrogens with one attached hydrogen (secondary N) is 1. The fraction of sp³-hybridized carbons (Fsp3) is 0.250. The van der Waals surface area contributed by atoms with E-state index in [9.17, 15) is 14.4 Å². The molecule has 0 aromatic heterocycles. The molecule has 3 N–H and O–H groups in total. The van der Waals surface area contributed by atoms with Crippen molar-refractivity contribution in [2.75, 3.05) is 23.3 Å². The largest absolute Gasteiger partial charge is 0.397 e. The lowest BCUT2D eigenvalue weighted by molar-refractivity contribution is -0.131. The number of rotatable bonds is 3. The van der Waals surface area contributed by atoms with Gasteiger partial charge in [0.05, 0.1) is 16.4 Å². The van der Waals surface area contributed by atoms with Gasteiger partial charge in [0.25, 0.3) is 5.24 Å². The molecule has 112 valence electrons. The molecular weight excluding hydrogens is 337 g/mol. The number of carbonyl (C=O) groups is 3. The fourth-order valence-electron chi connectivity index (χ4n) is 1.74. The highest BCUT2D eigenvalue weighted by Crippen LogP contribution is 2.32. The summed E-state index contributed by atoms with van der Waals surface area (Å²) in [7, 11) is 0. The molecule has 1 aliphatic heterocycles. The number of benzene rings is 1. The van der Waals surface area contributed by atoms with Gasteiger partial charge in [0.2, 0.25) is 11.8 Å². The van der Waals surface area contributed by atoms with Gasteiger partial charge in [-0.2, -0.15) is 0 Å². The lowest BCUT2D eigenvalue weighted by Gasteiger charge is -2.23. The number of anilines is 2. The SMILES string of the molecule is Nc1cc(Cl)cc(Cl)c1NC(=O)CN1C(=O)CCSC1=O. The van der Waals surface area contributed by atoms with Crippen LogP contribution in [0.3, 0.4) is 0 Å². The van der Waals surface area contributed by atoms with Gasteiger partial charge >= 0.3 is 0 Å². The third kappa shape index (κ3) is 3.81. The molecule has 9 heteroatoms. The summed E-state index contributed by atoms with van der Waals surface area (Å²) in [6, 6.07) is 2.87. The zero-order valence-corrected chi connectivity index (χ0v) is 13.0.